The summed E-state index contributed by atoms with van der Waals surface area (Å²) in [7, 11) is 0. The topological polar surface area (TPSA) is 32.8 Å². The lowest BCUT2D eigenvalue weighted by molar-refractivity contribution is -0.113. The highest BCUT2D eigenvalue weighted by molar-refractivity contribution is 8.27. The van der Waals surface area contributed by atoms with Gasteiger partial charge in [-0.25, -0.2) is 0 Å². The number of thioether (sulfide) groups is 1. The van der Waals surface area contributed by atoms with Crippen LogP contribution in [0.15, 0.2) is 71.6 Å². The molecule has 1 saturated heterocycles. The maximum atomic E-state index is 13.2. The molecule has 0 N–H and O–H groups in total. The minimum Gasteiger partial charge on any atom is -0.494 e. The van der Waals surface area contributed by atoms with E-state index >= 15 is 0 Å². The van der Waals surface area contributed by atoms with Crippen molar-refractivity contribution in [3.8, 4) is 5.75 Å². The summed E-state index contributed by atoms with van der Waals surface area (Å²) in [4.78, 5) is 17.8. The van der Waals surface area contributed by atoms with Gasteiger partial charge in [0.25, 0.3) is 5.91 Å². The van der Waals surface area contributed by atoms with Crippen LogP contribution in [0.5, 0.6) is 5.75 Å². The van der Waals surface area contributed by atoms with Gasteiger partial charge in [0.05, 0.1) is 17.2 Å². The number of carbonyl (C=O) groups is 1. The van der Waals surface area contributed by atoms with Crippen molar-refractivity contribution in [3.05, 3.63) is 77.2 Å². The van der Waals surface area contributed by atoms with Crippen LogP contribution in [0.25, 0.3) is 16.8 Å². The van der Waals surface area contributed by atoms with Crippen molar-refractivity contribution in [1.29, 1.82) is 0 Å². The minimum atomic E-state index is -0.0918. The number of anilines is 1. The van der Waals surface area contributed by atoms with Crippen molar-refractivity contribution in [2.75, 3.05) is 31.1 Å². The van der Waals surface area contributed by atoms with Gasteiger partial charge in [-0.2, -0.15) is 0 Å². The van der Waals surface area contributed by atoms with E-state index < -0.39 is 0 Å². The van der Waals surface area contributed by atoms with Gasteiger partial charge in [0, 0.05) is 6.54 Å². The van der Waals surface area contributed by atoms with Crippen LogP contribution in [-0.4, -0.2) is 41.4 Å². The lowest BCUT2D eigenvalue weighted by Crippen LogP contribution is -2.27. The average molecular weight is 513 g/mol. The fourth-order valence-electron chi connectivity index (χ4n) is 3.92. The number of halogens is 1. The monoisotopic (exact) mass is 512 g/mol. The SMILES string of the molecule is CCN(CC)CCCOc1ccc(N2C(=O)/C(=C/c3cccc4ccccc34)SC2=S)cc1.Cl. The van der Waals surface area contributed by atoms with Crippen LogP contribution in [0.1, 0.15) is 25.8 Å². The largest absolute Gasteiger partial charge is 0.494 e. The third-order valence-electron chi connectivity index (χ3n) is 5.78. The highest BCUT2D eigenvalue weighted by Gasteiger charge is 2.33. The molecule has 0 atom stereocenters. The van der Waals surface area contributed by atoms with Crippen LogP contribution in [0.2, 0.25) is 0 Å². The zero-order valence-electron chi connectivity index (χ0n) is 19.4. The van der Waals surface area contributed by atoms with Gasteiger partial charge in [-0.05, 0) is 66.2 Å². The Bertz CT molecular complexity index is 1170. The van der Waals surface area contributed by atoms with Crippen molar-refractivity contribution in [3.63, 3.8) is 0 Å². The molecule has 0 unspecified atom stereocenters. The summed E-state index contributed by atoms with van der Waals surface area (Å²) in [6, 6.07) is 21.9. The van der Waals surface area contributed by atoms with Gasteiger partial charge in [-0.3, -0.25) is 9.69 Å². The van der Waals surface area contributed by atoms with Gasteiger partial charge < -0.3 is 9.64 Å². The van der Waals surface area contributed by atoms with Crippen molar-refractivity contribution in [2.24, 2.45) is 0 Å². The van der Waals surface area contributed by atoms with Gasteiger partial charge in [-0.1, -0.05) is 80.3 Å². The predicted molar refractivity (Wildman–Crippen MR) is 151 cm³/mol. The number of fused-ring (bicyclic) bond motifs is 1. The standard InChI is InChI=1S/C27H28N2O2S2.ClH/c1-3-28(4-2)17-8-18-31-23-15-13-22(14-16-23)29-26(30)25(33-27(29)32)19-21-11-7-10-20-9-5-6-12-24(20)21;/h5-7,9-16,19H,3-4,8,17-18H2,1-2H3;1H/b25-19-;. The number of carbonyl (C=O) groups excluding carboxylic acids is 1. The highest BCUT2D eigenvalue weighted by Crippen LogP contribution is 2.37. The number of rotatable bonds is 9. The number of hydrogen-bond acceptors (Lipinski definition) is 5. The first-order valence-corrected chi connectivity index (χ1v) is 12.5. The fourth-order valence-corrected chi connectivity index (χ4v) is 5.21. The molecule has 1 heterocycles. The van der Waals surface area contributed by atoms with Crippen LogP contribution in [-0.2, 0) is 4.79 Å². The molecule has 3 aromatic carbocycles. The number of benzene rings is 3. The summed E-state index contributed by atoms with van der Waals surface area (Å²) in [5.41, 5.74) is 1.77. The molecule has 0 radical (unpaired) electrons. The van der Waals surface area contributed by atoms with Crippen molar-refractivity contribution in [2.45, 2.75) is 20.3 Å². The van der Waals surface area contributed by atoms with Crippen LogP contribution in [0.4, 0.5) is 5.69 Å². The fraction of sp³-hybridized carbons (Fsp3) is 0.259. The average Bonchev–Trinajstić information content (AvgIpc) is 3.12. The molecule has 178 valence electrons. The molecule has 0 aliphatic carbocycles. The van der Waals surface area contributed by atoms with E-state index in [1.165, 1.54) is 11.8 Å². The molecular weight excluding hydrogens is 484 g/mol. The second-order valence-electron chi connectivity index (χ2n) is 7.81. The molecular formula is C27H29ClN2O2S2. The Morgan fingerprint density at radius 1 is 1.00 bits per heavy atom. The summed E-state index contributed by atoms with van der Waals surface area (Å²) >= 11 is 6.89. The second kappa shape index (κ2) is 12.4. The molecule has 1 fully saturated rings. The lowest BCUT2D eigenvalue weighted by atomic mass is 10.0. The molecule has 0 bridgehead atoms. The third-order valence-corrected chi connectivity index (χ3v) is 7.08. The first-order valence-electron chi connectivity index (χ1n) is 11.3. The molecule has 1 aliphatic rings. The number of amides is 1. The molecule has 4 rings (SSSR count). The van der Waals surface area contributed by atoms with Gasteiger partial charge in [-0.15, -0.1) is 12.4 Å². The molecule has 1 aliphatic heterocycles. The number of nitrogens with zero attached hydrogens (tertiary/aromatic N) is 2. The van der Waals surface area contributed by atoms with E-state index in [1.54, 1.807) is 4.90 Å². The van der Waals surface area contributed by atoms with Crippen LogP contribution in [0, 0.1) is 0 Å². The number of ether oxygens (including phenoxy) is 1. The summed E-state index contributed by atoms with van der Waals surface area (Å²) in [5, 5.41) is 2.27. The van der Waals surface area contributed by atoms with E-state index in [4.69, 9.17) is 17.0 Å². The highest BCUT2D eigenvalue weighted by atomic mass is 35.5. The molecule has 4 nitrogen and oxygen atoms in total. The second-order valence-corrected chi connectivity index (χ2v) is 9.48. The summed E-state index contributed by atoms with van der Waals surface area (Å²) in [6.07, 6.45) is 2.92. The molecule has 1 amide bonds. The zero-order valence-corrected chi connectivity index (χ0v) is 21.8. The van der Waals surface area contributed by atoms with E-state index in [0.717, 1.165) is 53.8 Å². The van der Waals surface area contributed by atoms with E-state index in [1.807, 2.05) is 54.6 Å². The smallest absolute Gasteiger partial charge is 0.270 e. The van der Waals surface area contributed by atoms with E-state index in [2.05, 4.69) is 36.9 Å². The molecule has 3 aromatic rings. The predicted octanol–water partition coefficient (Wildman–Crippen LogP) is 6.78. The Kier molecular flexibility index (Phi) is 9.54. The number of hydrogen-bond donors (Lipinski definition) is 0. The number of thiocarbonyl (C=S) groups is 1. The Labute approximate surface area is 217 Å². The molecule has 34 heavy (non-hydrogen) atoms. The summed E-state index contributed by atoms with van der Waals surface area (Å²) in [5.74, 6) is 0.709. The van der Waals surface area contributed by atoms with E-state index in [-0.39, 0.29) is 18.3 Å². The molecule has 0 spiro atoms. The molecule has 7 heteroatoms. The Morgan fingerprint density at radius 2 is 1.71 bits per heavy atom. The molecule has 0 aromatic heterocycles. The van der Waals surface area contributed by atoms with Crippen LogP contribution in [0.3, 0.4) is 0 Å². The normalized spacial score (nSPS) is 14.8. The maximum absolute atomic E-state index is 13.2. The van der Waals surface area contributed by atoms with Crippen LogP contribution < -0.4 is 9.64 Å². The van der Waals surface area contributed by atoms with Gasteiger partial charge in [0.2, 0.25) is 0 Å². The first-order chi connectivity index (χ1) is 16.1. The quantitative estimate of drug-likeness (QED) is 0.179. The third kappa shape index (κ3) is 5.99. The van der Waals surface area contributed by atoms with Gasteiger partial charge >= 0.3 is 0 Å². The van der Waals surface area contributed by atoms with Crippen molar-refractivity contribution < 1.29 is 9.53 Å². The first kappa shape index (κ1) is 26.2. The van der Waals surface area contributed by atoms with Gasteiger partial charge in [0.1, 0.15) is 5.75 Å². The van der Waals surface area contributed by atoms with E-state index in [0.29, 0.717) is 15.8 Å². The van der Waals surface area contributed by atoms with Gasteiger partial charge in [0.15, 0.2) is 4.32 Å². The van der Waals surface area contributed by atoms with Crippen molar-refractivity contribution in [1.82, 2.24) is 4.90 Å². The Balaban J connectivity index is 0.00000324. The van der Waals surface area contributed by atoms with E-state index in [9.17, 15) is 4.79 Å². The maximum Gasteiger partial charge on any atom is 0.270 e. The van der Waals surface area contributed by atoms with Crippen molar-refractivity contribution >= 4 is 69.2 Å². The Hall–Kier alpha value is -2.38. The summed E-state index contributed by atoms with van der Waals surface area (Å²) in [6.45, 7) is 8.17. The van der Waals surface area contributed by atoms with Crippen LogP contribution >= 0.6 is 36.4 Å². The summed E-state index contributed by atoms with van der Waals surface area (Å²) < 4.78 is 6.42. The molecule has 0 saturated carbocycles. The minimum absolute atomic E-state index is 0. The lowest BCUT2D eigenvalue weighted by Gasteiger charge is -2.18. The Morgan fingerprint density at radius 3 is 2.44 bits per heavy atom. The zero-order chi connectivity index (χ0) is 23.2.